The van der Waals surface area contributed by atoms with E-state index in [1.165, 1.54) is 12.1 Å². The summed E-state index contributed by atoms with van der Waals surface area (Å²) < 4.78 is 0. The van der Waals surface area contributed by atoms with E-state index in [2.05, 4.69) is 5.32 Å². The number of carbonyl (C=O) groups excluding carboxylic acids is 1. The molecule has 0 saturated heterocycles. The molecule has 1 atom stereocenters. The molecule has 1 aromatic carbocycles. The molecule has 0 heterocycles. The minimum Gasteiger partial charge on any atom is -0.478 e. The van der Waals surface area contributed by atoms with Crippen molar-refractivity contribution in [3.05, 3.63) is 35.4 Å². The number of carboxylic acids is 1. The van der Waals surface area contributed by atoms with Crippen molar-refractivity contribution in [3.8, 4) is 0 Å². The molecule has 0 aliphatic rings. The van der Waals surface area contributed by atoms with Gasteiger partial charge in [-0.15, -0.1) is 0 Å². The number of carboxylic acid groups (broad SMARTS) is 1. The summed E-state index contributed by atoms with van der Waals surface area (Å²) in [6.07, 6.45) is 0. The lowest BCUT2D eigenvalue weighted by Gasteiger charge is -2.09. The van der Waals surface area contributed by atoms with Crippen LogP contribution in [0.2, 0.25) is 0 Å². The molecule has 0 aliphatic heterocycles. The highest BCUT2D eigenvalue weighted by Gasteiger charge is 2.07. The first-order valence-electron chi connectivity index (χ1n) is 4.85. The van der Waals surface area contributed by atoms with Gasteiger partial charge in [0.05, 0.1) is 11.6 Å². The molecule has 0 radical (unpaired) electrons. The average Bonchev–Trinajstić information content (AvgIpc) is 2.26. The fourth-order valence-corrected chi connectivity index (χ4v) is 1.14. The van der Waals surface area contributed by atoms with Crippen LogP contribution < -0.4 is 11.1 Å². The second-order valence-corrected chi connectivity index (χ2v) is 3.51. The van der Waals surface area contributed by atoms with E-state index in [0.717, 1.165) is 5.56 Å². The van der Waals surface area contributed by atoms with Gasteiger partial charge < -0.3 is 16.2 Å². The lowest BCUT2D eigenvalue weighted by Crippen LogP contribution is -2.38. The smallest absolute Gasteiger partial charge is 0.335 e. The first-order valence-corrected chi connectivity index (χ1v) is 4.85. The standard InChI is InChI=1S/C11H14N2O3/c1-7(10(12)14)13-6-8-2-4-9(5-3-8)11(15)16/h2-5,7,13H,6H2,1H3,(H2,12,14)(H,15,16). The summed E-state index contributed by atoms with van der Waals surface area (Å²) in [5.74, 6) is -1.37. The van der Waals surface area contributed by atoms with Gasteiger partial charge in [-0.3, -0.25) is 4.79 Å². The van der Waals surface area contributed by atoms with Gasteiger partial charge >= 0.3 is 5.97 Å². The van der Waals surface area contributed by atoms with Gasteiger partial charge in [-0.05, 0) is 24.6 Å². The highest BCUT2D eigenvalue weighted by atomic mass is 16.4. The molecule has 0 spiro atoms. The molecule has 86 valence electrons. The van der Waals surface area contributed by atoms with E-state index >= 15 is 0 Å². The molecule has 5 nitrogen and oxygen atoms in total. The van der Waals surface area contributed by atoms with Crippen molar-refractivity contribution in [2.24, 2.45) is 5.73 Å². The van der Waals surface area contributed by atoms with Crippen LogP contribution in [0.1, 0.15) is 22.8 Å². The second kappa shape index (κ2) is 5.27. The normalized spacial score (nSPS) is 12.1. The number of nitrogens with one attached hydrogen (secondary N) is 1. The first-order chi connectivity index (χ1) is 7.50. The molecule has 4 N–H and O–H groups in total. The van der Waals surface area contributed by atoms with Crippen molar-refractivity contribution in [2.45, 2.75) is 19.5 Å². The SMILES string of the molecule is CC(NCc1ccc(C(=O)O)cc1)C(N)=O. The van der Waals surface area contributed by atoms with Crippen molar-refractivity contribution in [1.82, 2.24) is 5.32 Å². The Hall–Kier alpha value is -1.88. The molecule has 16 heavy (non-hydrogen) atoms. The van der Waals surface area contributed by atoms with Gasteiger partial charge in [0.1, 0.15) is 0 Å². The number of primary amides is 1. The van der Waals surface area contributed by atoms with Crippen LogP contribution >= 0.6 is 0 Å². The number of aromatic carboxylic acids is 1. The van der Waals surface area contributed by atoms with Crippen LogP contribution in [-0.4, -0.2) is 23.0 Å². The van der Waals surface area contributed by atoms with Gasteiger partial charge in [-0.1, -0.05) is 12.1 Å². The maximum Gasteiger partial charge on any atom is 0.335 e. The summed E-state index contributed by atoms with van der Waals surface area (Å²) in [5.41, 5.74) is 6.23. The maximum absolute atomic E-state index is 10.7. The minimum atomic E-state index is -0.954. The summed E-state index contributed by atoms with van der Waals surface area (Å²) in [6.45, 7) is 2.15. The van der Waals surface area contributed by atoms with Gasteiger partial charge in [-0.2, -0.15) is 0 Å². The molecule has 0 saturated carbocycles. The Morgan fingerprint density at radius 3 is 2.38 bits per heavy atom. The molecule has 1 rings (SSSR count). The van der Waals surface area contributed by atoms with E-state index in [-0.39, 0.29) is 5.56 Å². The molecular weight excluding hydrogens is 208 g/mol. The Labute approximate surface area is 93.3 Å². The summed E-state index contributed by atoms with van der Waals surface area (Å²) >= 11 is 0. The Balaban J connectivity index is 2.56. The molecule has 0 aliphatic carbocycles. The number of amides is 1. The van der Waals surface area contributed by atoms with Crippen molar-refractivity contribution in [1.29, 1.82) is 0 Å². The van der Waals surface area contributed by atoms with Gasteiger partial charge in [-0.25, -0.2) is 4.79 Å². The predicted octanol–water partition coefficient (Wildman–Crippen LogP) is 0.348. The lowest BCUT2D eigenvalue weighted by molar-refractivity contribution is -0.119. The number of hydrogen-bond acceptors (Lipinski definition) is 3. The number of nitrogens with two attached hydrogens (primary N) is 1. The molecule has 1 aromatic rings. The second-order valence-electron chi connectivity index (χ2n) is 3.51. The molecule has 1 amide bonds. The van der Waals surface area contributed by atoms with Crippen molar-refractivity contribution in [2.75, 3.05) is 0 Å². The Bertz CT molecular complexity index is 387. The molecule has 0 bridgehead atoms. The highest BCUT2D eigenvalue weighted by Crippen LogP contribution is 2.04. The fourth-order valence-electron chi connectivity index (χ4n) is 1.14. The third-order valence-electron chi connectivity index (χ3n) is 2.24. The Morgan fingerprint density at radius 2 is 1.94 bits per heavy atom. The Kier molecular flexibility index (Phi) is 4.02. The summed E-state index contributed by atoms with van der Waals surface area (Å²) in [5, 5.41) is 11.6. The predicted molar refractivity (Wildman–Crippen MR) is 58.9 cm³/mol. The monoisotopic (exact) mass is 222 g/mol. The molecule has 1 unspecified atom stereocenters. The molecular formula is C11H14N2O3. The van der Waals surface area contributed by atoms with Crippen LogP contribution in [0.25, 0.3) is 0 Å². The van der Waals surface area contributed by atoms with Gasteiger partial charge in [0, 0.05) is 6.54 Å². The van der Waals surface area contributed by atoms with Crippen LogP contribution in [0, 0.1) is 0 Å². The fraction of sp³-hybridized carbons (Fsp3) is 0.273. The molecule has 0 fully saturated rings. The van der Waals surface area contributed by atoms with E-state index in [1.807, 2.05) is 0 Å². The largest absolute Gasteiger partial charge is 0.478 e. The van der Waals surface area contributed by atoms with Gasteiger partial charge in [0.2, 0.25) is 5.91 Å². The summed E-state index contributed by atoms with van der Waals surface area (Å²) in [7, 11) is 0. The zero-order valence-electron chi connectivity index (χ0n) is 8.93. The van der Waals surface area contributed by atoms with Crippen molar-refractivity contribution < 1.29 is 14.7 Å². The van der Waals surface area contributed by atoms with Crippen molar-refractivity contribution in [3.63, 3.8) is 0 Å². The zero-order chi connectivity index (χ0) is 12.1. The van der Waals surface area contributed by atoms with Crippen LogP contribution in [0.3, 0.4) is 0 Å². The average molecular weight is 222 g/mol. The van der Waals surface area contributed by atoms with Crippen molar-refractivity contribution >= 4 is 11.9 Å². The quantitative estimate of drug-likeness (QED) is 0.670. The molecule has 0 aromatic heterocycles. The number of hydrogen-bond donors (Lipinski definition) is 3. The number of carbonyl (C=O) groups is 2. The van der Waals surface area contributed by atoms with Gasteiger partial charge in [0.25, 0.3) is 0 Å². The first kappa shape index (κ1) is 12.2. The van der Waals surface area contributed by atoms with Crippen LogP contribution in [0.15, 0.2) is 24.3 Å². The maximum atomic E-state index is 10.7. The Morgan fingerprint density at radius 1 is 1.38 bits per heavy atom. The number of benzene rings is 1. The lowest BCUT2D eigenvalue weighted by atomic mass is 10.1. The summed E-state index contributed by atoms with van der Waals surface area (Å²) in [6, 6.07) is 6.04. The van der Waals surface area contributed by atoms with E-state index in [0.29, 0.717) is 6.54 Å². The third kappa shape index (κ3) is 3.36. The van der Waals surface area contributed by atoms with E-state index in [4.69, 9.17) is 10.8 Å². The highest BCUT2D eigenvalue weighted by molar-refractivity contribution is 5.87. The van der Waals surface area contributed by atoms with Gasteiger partial charge in [0.15, 0.2) is 0 Å². The minimum absolute atomic E-state index is 0.242. The third-order valence-corrected chi connectivity index (χ3v) is 2.24. The van der Waals surface area contributed by atoms with Crippen LogP contribution in [0.5, 0.6) is 0 Å². The molecule has 5 heteroatoms. The van der Waals surface area contributed by atoms with Crippen LogP contribution in [0.4, 0.5) is 0 Å². The van der Waals surface area contributed by atoms with E-state index < -0.39 is 17.9 Å². The topological polar surface area (TPSA) is 92.4 Å². The van der Waals surface area contributed by atoms with E-state index in [1.54, 1.807) is 19.1 Å². The van der Waals surface area contributed by atoms with E-state index in [9.17, 15) is 9.59 Å². The summed E-state index contributed by atoms with van der Waals surface area (Å²) in [4.78, 5) is 21.3. The number of rotatable bonds is 5. The van der Waals surface area contributed by atoms with Crippen LogP contribution in [-0.2, 0) is 11.3 Å². The zero-order valence-corrected chi connectivity index (χ0v) is 8.93.